The third-order valence-electron chi connectivity index (χ3n) is 3.57. The van der Waals surface area contributed by atoms with E-state index in [-0.39, 0.29) is 23.7 Å². The highest BCUT2D eigenvalue weighted by molar-refractivity contribution is 9.10. The number of halogens is 1. The van der Waals surface area contributed by atoms with Crippen LogP contribution in [0.4, 0.5) is 10.8 Å². The zero-order valence-corrected chi connectivity index (χ0v) is 19.4. The molecule has 7 nitrogen and oxygen atoms in total. The van der Waals surface area contributed by atoms with Crippen molar-refractivity contribution >= 4 is 61.7 Å². The summed E-state index contributed by atoms with van der Waals surface area (Å²) in [5.74, 6) is 0.465. The summed E-state index contributed by atoms with van der Waals surface area (Å²) in [6.45, 7) is 3.88. The number of benzene rings is 2. The predicted octanol–water partition coefficient (Wildman–Crippen LogP) is 5.07. The summed E-state index contributed by atoms with van der Waals surface area (Å²) < 4.78 is 7.11. The second kappa shape index (κ2) is 10.6. The highest BCUT2D eigenvalue weighted by Gasteiger charge is 2.12. The van der Waals surface area contributed by atoms with Gasteiger partial charge in [-0.15, -0.1) is 10.2 Å². The van der Waals surface area contributed by atoms with Crippen molar-refractivity contribution in [3.05, 3.63) is 58.6 Å². The van der Waals surface area contributed by atoms with Crippen LogP contribution in [0.5, 0.6) is 5.75 Å². The number of rotatable bonds is 8. The van der Waals surface area contributed by atoms with E-state index in [1.54, 1.807) is 24.3 Å². The number of nitrogens with one attached hydrogen (secondary N) is 2. The van der Waals surface area contributed by atoms with Gasteiger partial charge in [0.2, 0.25) is 11.0 Å². The van der Waals surface area contributed by atoms with Gasteiger partial charge in [0.25, 0.3) is 5.91 Å². The maximum atomic E-state index is 12.4. The van der Waals surface area contributed by atoms with Gasteiger partial charge in [-0.3, -0.25) is 14.9 Å². The van der Waals surface area contributed by atoms with Crippen molar-refractivity contribution in [2.75, 3.05) is 16.4 Å². The van der Waals surface area contributed by atoms with Crippen molar-refractivity contribution in [3.63, 3.8) is 0 Å². The van der Waals surface area contributed by atoms with Crippen LogP contribution in [-0.2, 0) is 4.79 Å². The molecular weight excluding hydrogens is 488 g/mol. The Morgan fingerprint density at radius 3 is 2.43 bits per heavy atom. The number of carbonyl (C=O) groups is 2. The van der Waals surface area contributed by atoms with Gasteiger partial charge in [0.15, 0.2) is 4.34 Å². The van der Waals surface area contributed by atoms with Gasteiger partial charge >= 0.3 is 0 Å². The second-order valence-electron chi connectivity index (χ2n) is 6.36. The van der Waals surface area contributed by atoms with Gasteiger partial charge in [-0.05, 0) is 62.4 Å². The summed E-state index contributed by atoms with van der Waals surface area (Å²) in [5.41, 5.74) is 1.21. The van der Waals surface area contributed by atoms with E-state index in [0.717, 1.165) is 10.2 Å². The molecule has 156 valence electrons. The topological polar surface area (TPSA) is 93.2 Å². The molecule has 0 aliphatic rings. The third-order valence-corrected chi connectivity index (χ3v) is 6.07. The highest BCUT2D eigenvalue weighted by atomic mass is 79.9. The minimum absolute atomic E-state index is 0.0685. The Morgan fingerprint density at radius 2 is 1.77 bits per heavy atom. The molecule has 30 heavy (non-hydrogen) atoms. The quantitative estimate of drug-likeness (QED) is 0.327. The highest BCUT2D eigenvalue weighted by Crippen LogP contribution is 2.26. The lowest BCUT2D eigenvalue weighted by molar-refractivity contribution is -0.113. The molecule has 3 rings (SSSR count). The first-order valence-electron chi connectivity index (χ1n) is 8.99. The Bertz CT molecular complexity index is 1010. The molecule has 0 radical (unpaired) electrons. The minimum Gasteiger partial charge on any atom is -0.491 e. The molecule has 0 fully saturated rings. The van der Waals surface area contributed by atoms with Gasteiger partial charge in [-0.2, -0.15) is 0 Å². The van der Waals surface area contributed by atoms with E-state index in [2.05, 4.69) is 36.8 Å². The van der Waals surface area contributed by atoms with Crippen LogP contribution in [0.3, 0.4) is 0 Å². The van der Waals surface area contributed by atoms with Gasteiger partial charge in [0.1, 0.15) is 5.75 Å². The van der Waals surface area contributed by atoms with Gasteiger partial charge in [-0.25, -0.2) is 0 Å². The summed E-state index contributed by atoms with van der Waals surface area (Å²) in [6.07, 6.45) is 0.0685. The van der Waals surface area contributed by atoms with Crippen LogP contribution in [0.2, 0.25) is 0 Å². The Labute approximate surface area is 190 Å². The number of nitrogens with zero attached hydrogens (tertiary/aromatic N) is 2. The summed E-state index contributed by atoms with van der Waals surface area (Å²) in [6, 6.07) is 14.2. The lowest BCUT2D eigenvalue weighted by atomic mass is 10.2. The van der Waals surface area contributed by atoms with Crippen LogP contribution in [0.1, 0.15) is 24.2 Å². The molecule has 2 N–H and O–H groups in total. The number of amides is 2. The Balaban J connectivity index is 1.49. The van der Waals surface area contributed by atoms with Crippen molar-refractivity contribution in [2.45, 2.75) is 24.3 Å². The molecule has 0 aliphatic heterocycles. The number of hydrogen-bond acceptors (Lipinski definition) is 7. The lowest BCUT2D eigenvalue weighted by Crippen LogP contribution is -2.13. The molecule has 2 amide bonds. The lowest BCUT2D eigenvalue weighted by Gasteiger charge is -2.09. The van der Waals surface area contributed by atoms with E-state index >= 15 is 0 Å². The first kappa shape index (κ1) is 22.3. The fourth-order valence-electron chi connectivity index (χ4n) is 2.30. The largest absolute Gasteiger partial charge is 0.491 e. The minimum atomic E-state index is -0.285. The van der Waals surface area contributed by atoms with Crippen molar-refractivity contribution in [3.8, 4) is 5.75 Å². The number of hydrogen-bond donors (Lipinski definition) is 2. The molecule has 3 aromatic rings. The zero-order valence-electron chi connectivity index (χ0n) is 16.2. The van der Waals surface area contributed by atoms with Crippen molar-refractivity contribution in [1.82, 2.24) is 10.2 Å². The monoisotopic (exact) mass is 506 g/mol. The number of anilines is 2. The molecule has 1 heterocycles. The number of ether oxygens (including phenoxy) is 1. The molecule has 0 unspecified atom stereocenters. The normalized spacial score (nSPS) is 10.7. The van der Waals surface area contributed by atoms with E-state index in [9.17, 15) is 9.59 Å². The molecule has 0 aliphatic carbocycles. The molecule has 0 spiro atoms. The van der Waals surface area contributed by atoms with Crippen LogP contribution in [0, 0.1) is 0 Å². The van der Waals surface area contributed by atoms with Crippen LogP contribution >= 0.6 is 39.0 Å². The van der Waals surface area contributed by atoms with E-state index in [4.69, 9.17) is 4.74 Å². The number of aromatic nitrogens is 2. The molecule has 0 saturated carbocycles. The molecule has 0 atom stereocenters. The first-order chi connectivity index (χ1) is 14.4. The van der Waals surface area contributed by atoms with Crippen LogP contribution < -0.4 is 15.4 Å². The molecule has 2 aromatic carbocycles. The van der Waals surface area contributed by atoms with Crippen LogP contribution in [0.25, 0.3) is 0 Å². The van der Waals surface area contributed by atoms with Crippen molar-refractivity contribution in [2.24, 2.45) is 0 Å². The Morgan fingerprint density at radius 1 is 1.07 bits per heavy atom. The molecule has 0 bridgehead atoms. The molecule has 0 saturated heterocycles. The average Bonchev–Trinajstić information content (AvgIpc) is 3.15. The third kappa shape index (κ3) is 6.82. The van der Waals surface area contributed by atoms with E-state index in [1.165, 1.54) is 23.1 Å². The molecular formula is C20H19BrN4O3S2. The van der Waals surface area contributed by atoms with Crippen LogP contribution in [-0.4, -0.2) is 33.9 Å². The standard InChI is InChI=1S/C20H19BrN4O3S2/c1-12(2)28-16-9-3-13(4-10-16)18(27)23-19-24-25-20(30-19)29-11-17(26)22-15-7-5-14(21)6-8-15/h3-10,12H,11H2,1-2H3,(H,22,26)(H,23,24,27). The summed E-state index contributed by atoms with van der Waals surface area (Å²) >= 11 is 5.83. The van der Waals surface area contributed by atoms with Gasteiger partial charge < -0.3 is 10.1 Å². The zero-order chi connectivity index (χ0) is 21.5. The molecule has 10 heteroatoms. The first-order valence-corrected chi connectivity index (χ1v) is 11.6. The molecule has 1 aromatic heterocycles. The van der Waals surface area contributed by atoms with Gasteiger partial charge in [-0.1, -0.05) is 39.0 Å². The van der Waals surface area contributed by atoms with Crippen molar-refractivity contribution in [1.29, 1.82) is 0 Å². The smallest absolute Gasteiger partial charge is 0.257 e. The fourth-order valence-corrected chi connectivity index (χ4v) is 4.11. The maximum Gasteiger partial charge on any atom is 0.257 e. The maximum absolute atomic E-state index is 12.4. The Kier molecular flexibility index (Phi) is 7.83. The van der Waals surface area contributed by atoms with Gasteiger partial charge in [0.05, 0.1) is 11.9 Å². The number of thioether (sulfide) groups is 1. The summed E-state index contributed by atoms with van der Waals surface area (Å²) in [5, 5.41) is 13.9. The predicted molar refractivity (Wildman–Crippen MR) is 124 cm³/mol. The Hall–Kier alpha value is -2.43. The van der Waals surface area contributed by atoms with E-state index in [0.29, 0.717) is 20.8 Å². The van der Waals surface area contributed by atoms with E-state index in [1.807, 2.05) is 38.1 Å². The summed E-state index contributed by atoms with van der Waals surface area (Å²) in [7, 11) is 0. The van der Waals surface area contributed by atoms with Crippen molar-refractivity contribution < 1.29 is 14.3 Å². The SMILES string of the molecule is CC(C)Oc1ccc(C(=O)Nc2nnc(SCC(=O)Nc3ccc(Br)cc3)s2)cc1. The fraction of sp³-hybridized carbons (Fsp3) is 0.200. The average molecular weight is 507 g/mol. The van der Waals surface area contributed by atoms with Crippen LogP contribution in [0.15, 0.2) is 57.3 Å². The second-order valence-corrected chi connectivity index (χ2v) is 9.48. The summed E-state index contributed by atoms with van der Waals surface area (Å²) in [4.78, 5) is 24.4. The number of carbonyl (C=O) groups excluding carboxylic acids is 2. The van der Waals surface area contributed by atoms with Gasteiger partial charge in [0, 0.05) is 15.7 Å². The van der Waals surface area contributed by atoms with E-state index < -0.39 is 0 Å².